The van der Waals surface area contributed by atoms with Crippen LogP contribution in [0.15, 0.2) is 24.3 Å². The standard InChI is InChI=1S/C60H92O19/c1-27-13-35-9-11-43-28(2)14-34(68-43)7-8-36-18-40(64)59(71-36)48-21-42(66)58-44(73-48)12-10-37(72-58)19-53(67)77-57-32(6)56-50(74-49(57)22-45(69-35)31(27)5)23-47-51(76-56)24-60(78-47)25-52-55(79-60)30(4)16-38(70-52)15-29(3)54-41(65)20-46(75-54)39(63)17-33(62)26-61/h27,29-30,32-52,54-59,61-66H,2,5,7-26H2,1,3-4,6H3/t27-,29+,30+,32+,33?,34+,35+,36?,37-,38-,39?,40+,41?,42-,43?,44+,45-,46+,47-,48-,49?,50+,51-,52?,54?,55?,56+,57-,58-,59-,60+/m1/s1. The molecular weight excluding hydrogens is 1020 g/mol. The second-order valence-electron chi connectivity index (χ2n) is 26.8. The fourth-order valence-electron chi connectivity index (χ4n) is 16.6. The molecule has 0 radical (unpaired) electrons. The Labute approximate surface area is 465 Å². The summed E-state index contributed by atoms with van der Waals surface area (Å²) in [6, 6.07) is 0. The zero-order valence-corrected chi connectivity index (χ0v) is 46.9. The van der Waals surface area contributed by atoms with E-state index in [1.165, 1.54) is 0 Å². The lowest BCUT2D eigenvalue weighted by Gasteiger charge is -2.50. The first-order chi connectivity index (χ1) is 37.9. The van der Waals surface area contributed by atoms with E-state index in [0.717, 1.165) is 56.1 Å². The monoisotopic (exact) mass is 1120 g/mol. The highest BCUT2D eigenvalue weighted by atomic mass is 16.7. The van der Waals surface area contributed by atoms with Gasteiger partial charge in [0.1, 0.15) is 18.3 Å². The van der Waals surface area contributed by atoms with Crippen molar-refractivity contribution in [2.75, 3.05) is 6.61 Å². The molecule has 14 fully saturated rings. The zero-order valence-electron chi connectivity index (χ0n) is 46.9. The third kappa shape index (κ3) is 12.0. The van der Waals surface area contributed by atoms with Gasteiger partial charge in [-0.2, -0.15) is 0 Å². The lowest BCUT2D eigenvalue weighted by atomic mass is 9.79. The van der Waals surface area contributed by atoms with Gasteiger partial charge in [0.05, 0.1) is 153 Å². The summed E-state index contributed by atoms with van der Waals surface area (Å²) < 4.78 is 80.9. The Morgan fingerprint density at radius 2 is 1.25 bits per heavy atom. The van der Waals surface area contributed by atoms with Crippen LogP contribution in [0.2, 0.25) is 0 Å². The molecule has 0 amide bonds. The fourth-order valence-corrected chi connectivity index (χ4v) is 16.6. The number of carbonyl (C=O) groups excluding carboxylic acids is 1. The Bertz CT molecular complexity index is 2150. The van der Waals surface area contributed by atoms with Gasteiger partial charge in [0, 0.05) is 57.3 Å². The Morgan fingerprint density at radius 1 is 0.582 bits per heavy atom. The smallest absolute Gasteiger partial charge is 0.308 e. The molecule has 0 aromatic rings. The minimum Gasteiger partial charge on any atom is -0.459 e. The maximum absolute atomic E-state index is 14.3. The average Bonchev–Trinajstić information content (AvgIpc) is 4.45. The van der Waals surface area contributed by atoms with Crippen LogP contribution < -0.4 is 0 Å². The molecule has 0 saturated carbocycles. The number of rotatable bonds is 7. The summed E-state index contributed by atoms with van der Waals surface area (Å²) in [6.45, 7) is 17.1. The van der Waals surface area contributed by atoms with E-state index in [9.17, 15) is 35.4 Å². The van der Waals surface area contributed by atoms with Crippen LogP contribution in [0.5, 0.6) is 0 Å². The van der Waals surface area contributed by atoms with Crippen LogP contribution in [0, 0.1) is 23.7 Å². The van der Waals surface area contributed by atoms with Crippen LogP contribution in [0.4, 0.5) is 0 Å². The van der Waals surface area contributed by atoms with E-state index < -0.39 is 110 Å². The highest BCUT2D eigenvalue weighted by molar-refractivity contribution is 5.70. The van der Waals surface area contributed by atoms with Crippen molar-refractivity contribution in [1.82, 2.24) is 0 Å². The van der Waals surface area contributed by atoms with Crippen molar-refractivity contribution in [3.8, 4) is 0 Å². The first-order valence-corrected chi connectivity index (χ1v) is 30.7. The van der Waals surface area contributed by atoms with Gasteiger partial charge in [0.2, 0.25) is 0 Å². The molecule has 14 heterocycles. The van der Waals surface area contributed by atoms with E-state index in [-0.39, 0.29) is 116 Å². The van der Waals surface area contributed by atoms with Crippen LogP contribution in [0.3, 0.4) is 0 Å². The largest absolute Gasteiger partial charge is 0.459 e. The first kappa shape index (κ1) is 57.7. The van der Waals surface area contributed by atoms with Crippen LogP contribution in [-0.2, 0) is 61.6 Å². The molecule has 0 aliphatic carbocycles. The lowest BCUT2D eigenvalue weighted by Crippen LogP contribution is -2.61. The molecule has 6 N–H and O–H groups in total. The van der Waals surface area contributed by atoms with E-state index in [1.807, 2.05) is 6.92 Å². The molecule has 19 heteroatoms. The van der Waals surface area contributed by atoms with Gasteiger partial charge >= 0.3 is 5.97 Å². The Morgan fingerprint density at radius 3 is 2.08 bits per heavy atom. The number of esters is 1. The number of hydrogen-bond donors (Lipinski definition) is 6. The molecule has 31 atom stereocenters. The van der Waals surface area contributed by atoms with Crippen LogP contribution in [-0.4, -0.2) is 208 Å². The Hall–Kier alpha value is -1.73. The molecule has 446 valence electrons. The summed E-state index contributed by atoms with van der Waals surface area (Å²) >= 11 is 0. The molecule has 10 bridgehead atoms. The van der Waals surface area contributed by atoms with Crippen molar-refractivity contribution in [2.45, 2.75) is 314 Å². The molecule has 19 nitrogen and oxygen atoms in total. The molecule has 14 aliphatic rings. The Kier molecular flexibility index (Phi) is 17.2. The highest BCUT2D eigenvalue weighted by Crippen LogP contribution is 2.53. The van der Waals surface area contributed by atoms with E-state index >= 15 is 0 Å². The lowest BCUT2D eigenvalue weighted by molar-refractivity contribution is -0.275. The molecule has 14 aliphatic heterocycles. The van der Waals surface area contributed by atoms with Crippen molar-refractivity contribution in [2.24, 2.45) is 23.7 Å². The number of aliphatic hydroxyl groups is 6. The molecule has 0 aromatic heterocycles. The van der Waals surface area contributed by atoms with Gasteiger partial charge in [-0.1, -0.05) is 40.9 Å². The van der Waals surface area contributed by atoms with E-state index in [0.29, 0.717) is 51.4 Å². The zero-order chi connectivity index (χ0) is 55.2. The van der Waals surface area contributed by atoms with Crippen LogP contribution in [0.25, 0.3) is 0 Å². The van der Waals surface area contributed by atoms with Gasteiger partial charge < -0.3 is 87.5 Å². The van der Waals surface area contributed by atoms with E-state index in [1.54, 1.807) is 0 Å². The minimum atomic E-state index is -1.06. The molecule has 1 spiro atoms. The van der Waals surface area contributed by atoms with Crippen molar-refractivity contribution in [3.63, 3.8) is 0 Å². The topological polar surface area (TPSA) is 249 Å². The number of ether oxygens (including phenoxy) is 12. The van der Waals surface area contributed by atoms with E-state index in [4.69, 9.17) is 56.8 Å². The third-order valence-electron chi connectivity index (χ3n) is 20.8. The van der Waals surface area contributed by atoms with Gasteiger partial charge in [0.15, 0.2) is 5.79 Å². The summed E-state index contributed by atoms with van der Waals surface area (Å²) in [5.74, 6) is -1.31. The molecule has 9 unspecified atom stereocenters. The van der Waals surface area contributed by atoms with Crippen molar-refractivity contribution >= 4 is 5.97 Å². The first-order valence-electron chi connectivity index (χ1n) is 30.7. The Balaban J connectivity index is 0.724. The number of aliphatic hydroxyl groups excluding tert-OH is 6. The van der Waals surface area contributed by atoms with Gasteiger partial charge in [-0.05, 0) is 93.1 Å². The second-order valence-corrected chi connectivity index (χ2v) is 26.8. The third-order valence-corrected chi connectivity index (χ3v) is 20.8. The maximum atomic E-state index is 14.3. The van der Waals surface area contributed by atoms with Crippen molar-refractivity contribution in [3.05, 3.63) is 24.3 Å². The normalized spacial score (nSPS) is 52.4. The van der Waals surface area contributed by atoms with E-state index in [2.05, 4.69) is 33.9 Å². The van der Waals surface area contributed by atoms with Crippen LogP contribution >= 0.6 is 0 Å². The molecule has 14 saturated heterocycles. The molecule has 0 aromatic carbocycles. The summed E-state index contributed by atoms with van der Waals surface area (Å²) in [5, 5.41) is 63.6. The quantitative estimate of drug-likeness (QED) is 0.155. The van der Waals surface area contributed by atoms with Crippen LogP contribution in [0.1, 0.15) is 150 Å². The maximum Gasteiger partial charge on any atom is 0.308 e. The van der Waals surface area contributed by atoms with Gasteiger partial charge in [-0.25, -0.2) is 0 Å². The number of hydrogen-bond acceptors (Lipinski definition) is 19. The van der Waals surface area contributed by atoms with Crippen molar-refractivity contribution in [1.29, 1.82) is 0 Å². The predicted octanol–water partition coefficient (Wildman–Crippen LogP) is 4.18. The SMILES string of the molecule is C=C1C[C@@H]2CCC3C[C@H](O)[C@@H](O3)[C@H]3C[C@@H](O)[C@H]4O[C@H](CC[C@@H]4O3)CC(=O)O[C@H]3C(C[C@H]4O[C@@H](CCC1O2)C[C@@H](C)C4=C)O[C@H]1C[C@H]2O[C@@]4(CC5O[C@H](C[C@H](C)C6O[C@H](C(O)CC(O)CO)CC6O)C[C@H](C)C5O4)C[C@H]2O[C@H]1[C@@H]3C. The summed E-state index contributed by atoms with van der Waals surface area (Å²) in [5.41, 5.74) is 2.09. The van der Waals surface area contributed by atoms with Crippen molar-refractivity contribution < 1.29 is 92.3 Å². The van der Waals surface area contributed by atoms with Gasteiger partial charge in [0.25, 0.3) is 0 Å². The molecule has 79 heavy (non-hydrogen) atoms. The number of carbonyl (C=O) groups is 1. The molecular formula is C60H92O19. The summed E-state index contributed by atoms with van der Waals surface area (Å²) in [7, 11) is 0. The predicted molar refractivity (Wildman–Crippen MR) is 280 cm³/mol. The second kappa shape index (κ2) is 23.6. The van der Waals surface area contributed by atoms with Gasteiger partial charge in [-0.3, -0.25) is 4.79 Å². The number of fused-ring (bicyclic) bond motifs is 5. The summed E-state index contributed by atoms with van der Waals surface area (Å²) in [4.78, 5) is 14.3. The molecule has 14 rings (SSSR count). The summed E-state index contributed by atoms with van der Waals surface area (Å²) in [6.07, 6.45) is -1.43. The highest BCUT2D eigenvalue weighted by Gasteiger charge is 2.63. The minimum absolute atomic E-state index is 0.00252. The fraction of sp³-hybridized carbons (Fsp3) is 0.917. The average molecular weight is 1120 g/mol. The van der Waals surface area contributed by atoms with Gasteiger partial charge in [-0.15, -0.1) is 0 Å².